The summed E-state index contributed by atoms with van der Waals surface area (Å²) < 4.78 is 0. The largest absolute Gasteiger partial charge is 0.329 e. The molecule has 0 radical (unpaired) electrons. The first kappa shape index (κ1) is 13.6. The fourth-order valence-corrected chi connectivity index (χ4v) is 1.58. The lowest BCUT2D eigenvalue weighted by Gasteiger charge is -2.04. The van der Waals surface area contributed by atoms with Crippen LogP contribution in [-0.2, 0) is 0 Å². The average molecular weight is 267 g/mol. The van der Waals surface area contributed by atoms with Crippen LogP contribution in [0.5, 0.6) is 0 Å². The number of amides is 1. The molecule has 1 aromatic heterocycles. The van der Waals surface area contributed by atoms with Crippen LogP contribution in [0.15, 0.2) is 47.4 Å². The predicted octanol–water partition coefficient (Wildman–Crippen LogP) is 0.937. The fourth-order valence-electron chi connectivity index (χ4n) is 1.58. The maximum absolute atomic E-state index is 11.9. The van der Waals surface area contributed by atoms with Crippen molar-refractivity contribution in [1.29, 1.82) is 0 Å². The van der Waals surface area contributed by atoms with Crippen LogP contribution in [0, 0.1) is 11.8 Å². The highest BCUT2D eigenvalue weighted by Gasteiger charge is 2.06. The monoisotopic (exact) mass is 267 g/mol. The third-order valence-electron chi connectivity index (χ3n) is 2.51. The molecule has 0 spiro atoms. The first-order valence-corrected chi connectivity index (χ1v) is 5.98. The highest BCUT2D eigenvalue weighted by Crippen LogP contribution is 2.10. The van der Waals surface area contributed by atoms with E-state index >= 15 is 0 Å². The molecule has 0 aliphatic rings. The molecule has 4 N–H and O–H groups in total. The van der Waals surface area contributed by atoms with Crippen LogP contribution in [0.25, 0.3) is 0 Å². The van der Waals surface area contributed by atoms with E-state index in [0.717, 1.165) is 5.56 Å². The van der Waals surface area contributed by atoms with Gasteiger partial charge in [-0.1, -0.05) is 11.8 Å². The van der Waals surface area contributed by atoms with Crippen LogP contribution in [0.2, 0.25) is 0 Å². The van der Waals surface area contributed by atoms with Crippen molar-refractivity contribution in [2.24, 2.45) is 5.73 Å². The van der Waals surface area contributed by atoms with Gasteiger partial charge in [-0.2, -0.15) is 0 Å². The number of benzene rings is 1. The van der Waals surface area contributed by atoms with Crippen molar-refractivity contribution in [3.05, 3.63) is 64.1 Å². The van der Waals surface area contributed by atoms with Gasteiger partial charge >= 0.3 is 0 Å². The maximum atomic E-state index is 11.9. The maximum Gasteiger partial charge on any atom is 0.255 e. The van der Waals surface area contributed by atoms with Gasteiger partial charge in [-0.25, -0.2) is 0 Å². The van der Waals surface area contributed by atoms with Crippen molar-refractivity contribution in [1.82, 2.24) is 4.98 Å². The molecule has 20 heavy (non-hydrogen) atoms. The zero-order valence-corrected chi connectivity index (χ0v) is 10.6. The van der Waals surface area contributed by atoms with Gasteiger partial charge in [-0.3, -0.25) is 9.59 Å². The minimum absolute atomic E-state index is 0.306. The van der Waals surface area contributed by atoms with Crippen LogP contribution in [0.1, 0.15) is 15.9 Å². The van der Waals surface area contributed by atoms with E-state index in [1.54, 1.807) is 24.3 Å². The first-order chi connectivity index (χ1) is 9.69. The fraction of sp³-hybridized carbons (Fsp3) is 0.0667. The molecule has 0 atom stereocenters. The summed E-state index contributed by atoms with van der Waals surface area (Å²) >= 11 is 0. The van der Waals surface area contributed by atoms with Crippen LogP contribution in [0.3, 0.4) is 0 Å². The number of carbonyl (C=O) groups is 1. The number of carbonyl (C=O) groups excluding carboxylic acids is 1. The summed E-state index contributed by atoms with van der Waals surface area (Å²) in [7, 11) is 0. The normalized spacial score (nSPS) is 9.45. The molecule has 2 aromatic rings. The number of anilines is 1. The molecule has 1 amide bonds. The molecule has 0 aliphatic carbocycles. The second kappa shape index (κ2) is 6.36. The van der Waals surface area contributed by atoms with Gasteiger partial charge in [0.1, 0.15) is 0 Å². The second-order valence-electron chi connectivity index (χ2n) is 3.98. The van der Waals surface area contributed by atoms with Crippen molar-refractivity contribution in [2.75, 3.05) is 11.9 Å². The summed E-state index contributed by atoms with van der Waals surface area (Å²) in [5, 5.41) is 2.70. The van der Waals surface area contributed by atoms with Crippen molar-refractivity contribution in [3.63, 3.8) is 0 Å². The molecule has 100 valence electrons. The number of H-pyrrole nitrogens is 1. The number of aromatic amines is 1. The van der Waals surface area contributed by atoms with Crippen LogP contribution >= 0.6 is 0 Å². The Labute approximate surface area is 115 Å². The Morgan fingerprint density at radius 3 is 2.65 bits per heavy atom. The quantitative estimate of drug-likeness (QED) is 0.707. The third-order valence-corrected chi connectivity index (χ3v) is 2.51. The minimum atomic E-state index is -0.336. The molecule has 2 rings (SSSR count). The number of nitrogens with one attached hydrogen (secondary N) is 2. The molecule has 0 saturated heterocycles. The lowest BCUT2D eigenvalue weighted by atomic mass is 10.2. The molecule has 0 fully saturated rings. The van der Waals surface area contributed by atoms with E-state index in [1.807, 2.05) is 0 Å². The van der Waals surface area contributed by atoms with Gasteiger partial charge < -0.3 is 16.0 Å². The standard InChI is InChI=1S/C15H13N3O2/c16-8-1-2-11-3-5-13(6-4-11)18-15(20)12-7-9-17-14(19)10-12/h3-7,9-10H,8,16H2,(H,17,19)(H,18,20). The van der Waals surface area contributed by atoms with Crippen molar-refractivity contribution >= 4 is 11.6 Å². The molecule has 1 aromatic carbocycles. The van der Waals surface area contributed by atoms with Gasteiger partial charge in [0.25, 0.3) is 5.91 Å². The highest BCUT2D eigenvalue weighted by molar-refractivity contribution is 6.04. The van der Waals surface area contributed by atoms with Crippen molar-refractivity contribution < 1.29 is 4.79 Å². The van der Waals surface area contributed by atoms with E-state index in [9.17, 15) is 9.59 Å². The van der Waals surface area contributed by atoms with Gasteiger partial charge in [0.05, 0.1) is 6.54 Å². The number of hydrogen-bond donors (Lipinski definition) is 3. The lowest BCUT2D eigenvalue weighted by Crippen LogP contribution is -2.15. The van der Waals surface area contributed by atoms with Gasteiger partial charge in [0.15, 0.2) is 0 Å². The Morgan fingerprint density at radius 2 is 2.00 bits per heavy atom. The van der Waals surface area contributed by atoms with E-state index in [1.165, 1.54) is 18.3 Å². The minimum Gasteiger partial charge on any atom is -0.329 e. The smallest absolute Gasteiger partial charge is 0.255 e. The van der Waals surface area contributed by atoms with Gasteiger partial charge in [0, 0.05) is 29.1 Å². The summed E-state index contributed by atoms with van der Waals surface area (Å²) in [5.74, 6) is 5.30. The van der Waals surface area contributed by atoms with E-state index < -0.39 is 0 Å². The van der Waals surface area contributed by atoms with Crippen molar-refractivity contribution in [3.8, 4) is 11.8 Å². The number of rotatable bonds is 2. The molecular formula is C15H13N3O2. The van der Waals surface area contributed by atoms with Crippen LogP contribution < -0.4 is 16.6 Å². The molecule has 5 nitrogen and oxygen atoms in total. The third kappa shape index (κ3) is 3.57. The van der Waals surface area contributed by atoms with E-state index in [4.69, 9.17) is 5.73 Å². The SMILES string of the molecule is NCC#Cc1ccc(NC(=O)c2cc[nH]c(=O)c2)cc1. The van der Waals surface area contributed by atoms with Gasteiger partial charge in [-0.15, -0.1) is 0 Å². The number of pyridine rings is 1. The molecule has 0 bridgehead atoms. The van der Waals surface area contributed by atoms with E-state index in [-0.39, 0.29) is 11.5 Å². The van der Waals surface area contributed by atoms with Crippen LogP contribution in [-0.4, -0.2) is 17.4 Å². The van der Waals surface area contributed by atoms with E-state index in [2.05, 4.69) is 22.1 Å². The molecule has 1 heterocycles. The Bertz CT molecular complexity index is 721. The summed E-state index contributed by atoms with van der Waals surface area (Å²) in [6.07, 6.45) is 1.43. The summed E-state index contributed by atoms with van der Waals surface area (Å²) in [6, 6.07) is 9.84. The zero-order chi connectivity index (χ0) is 14.4. The molecular weight excluding hydrogens is 254 g/mol. The number of nitrogens with two attached hydrogens (primary N) is 1. The zero-order valence-electron chi connectivity index (χ0n) is 10.6. The topological polar surface area (TPSA) is 88.0 Å². The molecule has 0 saturated carbocycles. The average Bonchev–Trinajstić information content (AvgIpc) is 2.46. The van der Waals surface area contributed by atoms with Crippen LogP contribution in [0.4, 0.5) is 5.69 Å². The summed E-state index contributed by atoms with van der Waals surface area (Å²) in [6.45, 7) is 0.307. The Balaban J connectivity index is 2.10. The summed E-state index contributed by atoms with van der Waals surface area (Å²) in [4.78, 5) is 25.5. The van der Waals surface area contributed by atoms with Crippen molar-refractivity contribution in [2.45, 2.75) is 0 Å². The van der Waals surface area contributed by atoms with Gasteiger partial charge in [0.2, 0.25) is 5.56 Å². The van der Waals surface area contributed by atoms with E-state index in [0.29, 0.717) is 17.8 Å². The highest BCUT2D eigenvalue weighted by atomic mass is 16.2. The predicted molar refractivity (Wildman–Crippen MR) is 77.4 cm³/mol. The molecule has 5 heteroatoms. The second-order valence-corrected chi connectivity index (χ2v) is 3.98. The Kier molecular flexibility index (Phi) is 4.32. The molecule has 0 aliphatic heterocycles. The number of hydrogen-bond acceptors (Lipinski definition) is 3. The Morgan fingerprint density at radius 1 is 1.25 bits per heavy atom. The first-order valence-electron chi connectivity index (χ1n) is 5.98. The summed E-state index contributed by atoms with van der Waals surface area (Å²) in [5.41, 5.74) is 6.74. The van der Waals surface area contributed by atoms with Gasteiger partial charge in [-0.05, 0) is 30.3 Å². The number of aromatic nitrogens is 1. The lowest BCUT2D eigenvalue weighted by molar-refractivity contribution is 0.102. The Hall–Kier alpha value is -2.84. The molecule has 0 unspecified atom stereocenters.